The number of methoxy groups -OCH3 is 2. The number of carbonyl (C=O) groups is 1. The number of nitrogens with one attached hydrogen (secondary N) is 1. The number of benzene rings is 2. The Kier molecular flexibility index (Phi) is 6.44. The molecule has 2 rings (SSSR count). The summed E-state index contributed by atoms with van der Waals surface area (Å²) < 4.78 is 11.5. The van der Waals surface area contributed by atoms with E-state index in [-0.39, 0.29) is 5.78 Å². The van der Waals surface area contributed by atoms with Gasteiger partial charge in [0.2, 0.25) is 0 Å². The van der Waals surface area contributed by atoms with Crippen LogP contribution < -0.4 is 14.8 Å². The molecule has 0 bridgehead atoms. The second kappa shape index (κ2) is 8.55. The molecule has 0 aliphatic heterocycles. The van der Waals surface area contributed by atoms with Crippen LogP contribution in [0.3, 0.4) is 0 Å². The van der Waals surface area contributed by atoms with Crippen LogP contribution in [-0.4, -0.2) is 20.0 Å². The molecule has 2 aromatic carbocycles. The molecule has 24 heavy (non-hydrogen) atoms. The summed E-state index contributed by atoms with van der Waals surface area (Å²) in [7, 11) is 3.21. The number of carbonyl (C=O) groups excluding carboxylic acids is 1. The number of allylic oxidation sites excluding steroid dienone is 2. The second-order valence-corrected chi connectivity index (χ2v) is 6.00. The van der Waals surface area contributed by atoms with E-state index in [9.17, 15) is 4.79 Å². The maximum absolute atomic E-state index is 12.4. The van der Waals surface area contributed by atoms with Gasteiger partial charge < -0.3 is 14.8 Å². The van der Waals surface area contributed by atoms with Gasteiger partial charge in [-0.1, -0.05) is 22.9 Å². The van der Waals surface area contributed by atoms with Gasteiger partial charge in [-0.15, -0.1) is 0 Å². The number of ketones is 1. The normalized spacial score (nSPS) is 11.1. The lowest BCUT2D eigenvalue weighted by molar-refractivity contribution is 0.104. The van der Waals surface area contributed by atoms with Crippen molar-refractivity contribution in [3.8, 4) is 11.5 Å². The summed E-state index contributed by atoms with van der Waals surface area (Å²) in [6, 6.07) is 12.8. The Morgan fingerprint density at radius 2 is 1.83 bits per heavy atom. The number of anilines is 1. The average molecular weight is 390 g/mol. The van der Waals surface area contributed by atoms with Crippen molar-refractivity contribution in [2.45, 2.75) is 13.3 Å². The Balaban J connectivity index is 2.22. The maximum atomic E-state index is 12.4. The zero-order valence-corrected chi connectivity index (χ0v) is 15.5. The molecule has 0 spiro atoms. The van der Waals surface area contributed by atoms with Crippen LogP contribution >= 0.6 is 15.9 Å². The van der Waals surface area contributed by atoms with E-state index in [4.69, 9.17) is 9.47 Å². The highest BCUT2D eigenvalue weighted by atomic mass is 79.9. The van der Waals surface area contributed by atoms with Crippen LogP contribution in [0.25, 0.3) is 0 Å². The fourth-order valence-electron chi connectivity index (χ4n) is 2.16. The first kappa shape index (κ1) is 18.1. The first-order valence-electron chi connectivity index (χ1n) is 7.57. The minimum atomic E-state index is -0.0423. The zero-order chi connectivity index (χ0) is 17.5. The van der Waals surface area contributed by atoms with Crippen molar-refractivity contribution in [3.63, 3.8) is 0 Å². The third kappa shape index (κ3) is 4.61. The smallest absolute Gasteiger partial charge is 0.187 e. The number of rotatable bonds is 7. The van der Waals surface area contributed by atoms with E-state index in [0.29, 0.717) is 23.5 Å². The minimum Gasteiger partial charge on any atom is -0.497 e. The third-order valence-corrected chi connectivity index (χ3v) is 4.05. The Morgan fingerprint density at radius 1 is 1.12 bits per heavy atom. The molecule has 0 aliphatic carbocycles. The van der Waals surface area contributed by atoms with Gasteiger partial charge in [0.25, 0.3) is 0 Å². The number of ether oxygens (including phenoxy) is 2. The van der Waals surface area contributed by atoms with E-state index in [1.807, 2.05) is 31.2 Å². The van der Waals surface area contributed by atoms with E-state index in [1.165, 1.54) is 0 Å². The quantitative estimate of drug-likeness (QED) is 0.531. The van der Waals surface area contributed by atoms with Gasteiger partial charge in [0.15, 0.2) is 5.78 Å². The SMILES string of the molecule is CC/C(=C\C(=O)c1ccc(Br)cc1)Nc1ccc(OC)cc1OC. The van der Waals surface area contributed by atoms with Crippen molar-refractivity contribution in [2.75, 3.05) is 19.5 Å². The minimum absolute atomic E-state index is 0.0423. The van der Waals surface area contributed by atoms with Crippen molar-refractivity contribution < 1.29 is 14.3 Å². The van der Waals surface area contributed by atoms with Crippen LogP contribution in [0.2, 0.25) is 0 Å². The van der Waals surface area contributed by atoms with Crippen LogP contribution in [0.5, 0.6) is 11.5 Å². The van der Waals surface area contributed by atoms with Crippen LogP contribution in [0.1, 0.15) is 23.7 Å². The molecule has 0 heterocycles. The van der Waals surface area contributed by atoms with Crippen LogP contribution in [0.4, 0.5) is 5.69 Å². The zero-order valence-electron chi connectivity index (χ0n) is 13.9. The maximum Gasteiger partial charge on any atom is 0.187 e. The lowest BCUT2D eigenvalue weighted by Crippen LogP contribution is -2.04. The van der Waals surface area contributed by atoms with Gasteiger partial charge in [0.1, 0.15) is 11.5 Å². The predicted octanol–water partition coefficient (Wildman–Crippen LogP) is 5.06. The van der Waals surface area contributed by atoms with Crippen LogP contribution in [0, 0.1) is 0 Å². The lowest BCUT2D eigenvalue weighted by atomic mass is 10.1. The van der Waals surface area contributed by atoms with Crippen LogP contribution in [-0.2, 0) is 0 Å². The summed E-state index contributed by atoms with van der Waals surface area (Å²) in [4.78, 5) is 12.4. The van der Waals surface area contributed by atoms with Gasteiger partial charge in [0, 0.05) is 27.9 Å². The molecule has 2 aromatic rings. The molecule has 0 aliphatic rings. The highest BCUT2D eigenvalue weighted by molar-refractivity contribution is 9.10. The van der Waals surface area contributed by atoms with E-state index in [0.717, 1.165) is 15.9 Å². The summed E-state index contributed by atoms with van der Waals surface area (Å²) >= 11 is 3.37. The highest BCUT2D eigenvalue weighted by Crippen LogP contribution is 2.30. The number of halogens is 1. The molecule has 126 valence electrons. The molecule has 0 fully saturated rings. The lowest BCUT2D eigenvalue weighted by Gasteiger charge is -2.14. The first-order chi connectivity index (χ1) is 11.6. The van der Waals surface area contributed by atoms with Crippen molar-refractivity contribution in [1.82, 2.24) is 0 Å². The molecule has 0 amide bonds. The van der Waals surface area contributed by atoms with Crippen molar-refractivity contribution in [2.24, 2.45) is 0 Å². The average Bonchev–Trinajstić information content (AvgIpc) is 2.61. The van der Waals surface area contributed by atoms with E-state index < -0.39 is 0 Å². The third-order valence-electron chi connectivity index (χ3n) is 3.52. The van der Waals surface area contributed by atoms with Gasteiger partial charge in [-0.05, 0) is 42.8 Å². The molecule has 1 N–H and O–H groups in total. The molecule has 0 radical (unpaired) electrons. The van der Waals surface area contributed by atoms with Gasteiger partial charge in [0.05, 0.1) is 19.9 Å². The first-order valence-corrected chi connectivity index (χ1v) is 8.36. The van der Waals surface area contributed by atoms with E-state index in [2.05, 4.69) is 21.2 Å². The van der Waals surface area contributed by atoms with Gasteiger partial charge in [-0.25, -0.2) is 0 Å². The number of hydrogen-bond donors (Lipinski definition) is 1. The summed E-state index contributed by atoms with van der Waals surface area (Å²) in [6.07, 6.45) is 2.31. The Morgan fingerprint density at radius 3 is 2.42 bits per heavy atom. The Hall–Kier alpha value is -2.27. The molecule has 0 saturated carbocycles. The van der Waals surface area contributed by atoms with Gasteiger partial charge >= 0.3 is 0 Å². The summed E-state index contributed by atoms with van der Waals surface area (Å²) in [5.41, 5.74) is 2.24. The largest absolute Gasteiger partial charge is 0.497 e. The predicted molar refractivity (Wildman–Crippen MR) is 100 cm³/mol. The molecule has 5 heteroatoms. The molecule has 0 aromatic heterocycles. The molecule has 0 atom stereocenters. The topological polar surface area (TPSA) is 47.6 Å². The Bertz CT molecular complexity index is 739. The standard InChI is InChI=1S/C19H20BrNO3/c1-4-15(11-18(22)13-5-7-14(20)8-6-13)21-17-10-9-16(23-2)12-19(17)24-3/h5-12,21H,4H2,1-3H3/b15-11+. The number of hydrogen-bond acceptors (Lipinski definition) is 4. The molecular weight excluding hydrogens is 370 g/mol. The summed E-state index contributed by atoms with van der Waals surface area (Å²) in [5, 5.41) is 3.26. The van der Waals surface area contributed by atoms with Crippen molar-refractivity contribution in [1.29, 1.82) is 0 Å². The fourth-order valence-corrected chi connectivity index (χ4v) is 2.42. The molecule has 0 unspecified atom stereocenters. The summed E-state index contributed by atoms with van der Waals surface area (Å²) in [6.45, 7) is 1.99. The van der Waals surface area contributed by atoms with E-state index >= 15 is 0 Å². The molecule has 4 nitrogen and oxygen atoms in total. The second-order valence-electron chi connectivity index (χ2n) is 5.09. The monoisotopic (exact) mass is 389 g/mol. The highest BCUT2D eigenvalue weighted by Gasteiger charge is 2.08. The van der Waals surface area contributed by atoms with Gasteiger partial charge in [-0.2, -0.15) is 0 Å². The van der Waals surface area contributed by atoms with Crippen molar-refractivity contribution >= 4 is 27.4 Å². The van der Waals surface area contributed by atoms with Crippen LogP contribution in [0.15, 0.2) is 58.7 Å². The molecular formula is C19H20BrNO3. The molecule has 0 saturated heterocycles. The van der Waals surface area contributed by atoms with Gasteiger partial charge in [-0.3, -0.25) is 4.79 Å². The van der Waals surface area contributed by atoms with E-state index in [1.54, 1.807) is 38.5 Å². The van der Waals surface area contributed by atoms with Crippen molar-refractivity contribution in [3.05, 3.63) is 64.3 Å². The Labute approximate surface area is 150 Å². The fraction of sp³-hybridized carbons (Fsp3) is 0.211. The summed E-state index contributed by atoms with van der Waals surface area (Å²) in [5.74, 6) is 1.33.